The number of aliphatic hydroxyl groups excluding tert-OH is 1. The first-order valence-electron chi connectivity index (χ1n) is 7.00. The van der Waals surface area contributed by atoms with Crippen molar-refractivity contribution < 1.29 is 5.11 Å². The van der Waals surface area contributed by atoms with Gasteiger partial charge in [-0.05, 0) is 18.2 Å². The summed E-state index contributed by atoms with van der Waals surface area (Å²) in [6, 6.07) is 6.08. The van der Waals surface area contributed by atoms with E-state index in [-0.39, 0.29) is 6.61 Å². The van der Waals surface area contributed by atoms with Crippen LogP contribution in [0.15, 0.2) is 30.6 Å². The molecule has 2 aromatic rings. The second-order valence-electron chi connectivity index (χ2n) is 5.15. The first-order valence-corrected chi connectivity index (χ1v) is 7.00. The van der Waals surface area contributed by atoms with Crippen molar-refractivity contribution in [3.8, 4) is 0 Å². The largest absolute Gasteiger partial charge is 0.398 e. The minimum absolute atomic E-state index is 0.233. The van der Waals surface area contributed by atoms with Gasteiger partial charge in [-0.3, -0.25) is 9.88 Å². The topological polar surface area (TPSA) is 65.6 Å². The first kappa shape index (κ1) is 13.1. The lowest BCUT2D eigenvalue weighted by Crippen LogP contribution is -2.47. The number of benzene rings is 1. The summed E-state index contributed by atoms with van der Waals surface area (Å²) in [4.78, 5) is 8.84. The molecule has 20 heavy (non-hydrogen) atoms. The van der Waals surface area contributed by atoms with Gasteiger partial charge < -0.3 is 15.7 Å². The predicted octanol–water partition coefficient (Wildman–Crippen LogP) is 0.931. The van der Waals surface area contributed by atoms with E-state index in [4.69, 9.17) is 10.8 Å². The van der Waals surface area contributed by atoms with Crippen LogP contribution >= 0.6 is 0 Å². The number of piperazine rings is 1. The van der Waals surface area contributed by atoms with E-state index in [2.05, 4.69) is 20.9 Å². The van der Waals surface area contributed by atoms with Crippen LogP contribution in [0.1, 0.15) is 0 Å². The molecule has 0 spiro atoms. The van der Waals surface area contributed by atoms with Crippen molar-refractivity contribution in [3.63, 3.8) is 0 Å². The van der Waals surface area contributed by atoms with Crippen molar-refractivity contribution in [2.45, 2.75) is 0 Å². The van der Waals surface area contributed by atoms with E-state index in [1.54, 1.807) is 0 Å². The smallest absolute Gasteiger partial charge is 0.0558 e. The molecule has 5 heteroatoms. The fourth-order valence-electron chi connectivity index (χ4n) is 2.83. The number of nitrogens with two attached hydrogens (primary N) is 1. The molecule has 1 aliphatic rings. The second-order valence-corrected chi connectivity index (χ2v) is 5.15. The van der Waals surface area contributed by atoms with Gasteiger partial charge in [0.1, 0.15) is 0 Å². The Morgan fingerprint density at radius 1 is 1.10 bits per heavy atom. The van der Waals surface area contributed by atoms with Gasteiger partial charge in [-0.1, -0.05) is 0 Å². The Labute approximate surface area is 118 Å². The predicted molar refractivity (Wildman–Crippen MR) is 81.9 cm³/mol. The van der Waals surface area contributed by atoms with Gasteiger partial charge in [0.25, 0.3) is 0 Å². The summed E-state index contributed by atoms with van der Waals surface area (Å²) in [7, 11) is 0. The quantitative estimate of drug-likeness (QED) is 0.814. The molecule has 1 saturated heterocycles. The maximum atomic E-state index is 9.00. The average Bonchev–Trinajstić information content (AvgIpc) is 2.49. The Balaban J connectivity index is 1.87. The molecule has 0 radical (unpaired) electrons. The van der Waals surface area contributed by atoms with Crippen LogP contribution in [0.3, 0.4) is 0 Å². The van der Waals surface area contributed by atoms with Crippen LogP contribution in [0, 0.1) is 0 Å². The minimum atomic E-state index is 0.233. The summed E-state index contributed by atoms with van der Waals surface area (Å²) in [6.45, 7) is 4.91. The van der Waals surface area contributed by atoms with E-state index in [1.165, 1.54) is 5.69 Å². The number of hydrogen-bond donors (Lipinski definition) is 2. The van der Waals surface area contributed by atoms with E-state index < -0.39 is 0 Å². The highest BCUT2D eigenvalue weighted by molar-refractivity contribution is 6.00. The molecule has 106 valence electrons. The fourth-order valence-corrected chi connectivity index (χ4v) is 2.83. The number of β-amino-alcohol motifs (C(OH)–C–C–N with tert-alkyl or cyclic N) is 1. The molecule has 0 amide bonds. The van der Waals surface area contributed by atoms with Crippen LogP contribution < -0.4 is 10.6 Å². The number of hydrogen-bond acceptors (Lipinski definition) is 5. The summed E-state index contributed by atoms with van der Waals surface area (Å²) in [5.74, 6) is 0. The van der Waals surface area contributed by atoms with Gasteiger partial charge in [0, 0.05) is 67.3 Å². The Hall–Kier alpha value is -1.85. The highest BCUT2D eigenvalue weighted by atomic mass is 16.3. The van der Waals surface area contributed by atoms with Gasteiger partial charge in [0.2, 0.25) is 0 Å². The number of rotatable bonds is 3. The number of anilines is 2. The summed E-state index contributed by atoms with van der Waals surface area (Å²) < 4.78 is 0. The SMILES string of the molecule is Nc1ccc(N2CCN(CCO)CC2)c2ccncc12. The number of nitrogen functional groups attached to an aromatic ring is 1. The van der Waals surface area contributed by atoms with E-state index in [0.29, 0.717) is 0 Å². The molecule has 0 bridgehead atoms. The third kappa shape index (κ3) is 2.42. The van der Waals surface area contributed by atoms with Crippen LogP contribution in [0.4, 0.5) is 11.4 Å². The maximum absolute atomic E-state index is 9.00. The average molecular weight is 272 g/mol. The van der Waals surface area contributed by atoms with Crippen LogP contribution in [0.25, 0.3) is 10.8 Å². The van der Waals surface area contributed by atoms with Crippen molar-refractivity contribution in [3.05, 3.63) is 30.6 Å². The van der Waals surface area contributed by atoms with Gasteiger partial charge in [-0.25, -0.2) is 0 Å². The lowest BCUT2D eigenvalue weighted by molar-refractivity contribution is 0.189. The molecule has 3 rings (SSSR count). The Kier molecular flexibility index (Phi) is 3.71. The van der Waals surface area contributed by atoms with E-state index >= 15 is 0 Å². The van der Waals surface area contributed by atoms with Crippen molar-refractivity contribution >= 4 is 22.1 Å². The zero-order chi connectivity index (χ0) is 13.9. The van der Waals surface area contributed by atoms with Gasteiger partial charge in [0.05, 0.1) is 6.61 Å². The molecule has 1 aliphatic heterocycles. The lowest BCUT2D eigenvalue weighted by atomic mass is 10.1. The molecule has 0 unspecified atom stereocenters. The third-order valence-corrected chi connectivity index (χ3v) is 3.96. The molecule has 0 aliphatic carbocycles. The third-order valence-electron chi connectivity index (χ3n) is 3.96. The van der Waals surface area contributed by atoms with Crippen LogP contribution in [0.2, 0.25) is 0 Å². The number of fused-ring (bicyclic) bond motifs is 1. The minimum Gasteiger partial charge on any atom is -0.398 e. The van der Waals surface area contributed by atoms with Crippen LogP contribution in [0.5, 0.6) is 0 Å². The fraction of sp³-hybridized carbons (Fsp3) is 0.400. The number of aliphatic hydroxyl groups is 1. The maximum Gasteiger partial charge on any atom is 0.0558 e. The lowest BCUT2D eigenvalue weighted by Gasteiger charge is -2.36. The Bertz CT molecular complexity index is 593. The van der Waals surface area contributed by atoms with E-state index in [1.807, 2.05) is 24.5 Å². The number of aromatic nitrogens is 1. The zero-order valence-electron chi connectivity index (χ0n) is 11.5. The van der Waals surface area contributed by atoms with Crippen molar-refractivity contribution in [1.29, 1.82) is 0 Å². The Morgan fingerprint density at radius 2 is 1.90 bits per heavy atom. The number of nitrogens with zero attached hydrogens (tertiary/aromatic N) is 3. The molecule has 1 aromatic heterocycles. The molecule has 0 atom stereocenters. The van der Waals surface area contributed by atoms with Crippen molar-refractivity contribution in [1.82, 2.24) is 9.88 Å². The standard InChI is InChI=1S/C15H20N4O/c16-14-1-2-15(12-3-4-17-11-13(12)14)19-7-5-18(6-8-19)9-10-20/h1-4,11,20H,5-10,16H2. The summed E-state index contributed by atoms with van der Waals surface area (Å²) in [6.07, 6.45) is 3.64. The highest BCUT2D eigenvalue weighted by Gasteiger charge is 2.18. The van der Waals surface area contributed by atoms with E-state index in [9.17, 15) is 0 Å². The number of pyridine rings is 1. The van der Waals surface area contributed by atoms with Gasteiger partial charge in [-0.15, -0.1) is 0 Å². The highest BCUT2D eigenvalue weighted by Crippen LogP contribution is 2.30. The molecule has 3 N–H and O–H groups in total. The molecule has 1 aromatic carbocycles. The first-order chi connectivity index (χ1) is 9.79. The van der Waals surface area contributed by atoms with E-state index in [0.717, 1.165) is 49.2 Å². The van der Waals surface area contributed by atoms with Crippen molar-refractivity contribution in [2.75, 3.05) is 50.0 Å². The van der Waals surface area contributed by atoms with Crippen LogP contribution in [-0.2, 0) is 0 Å². The molecule has 2 heterocycles. The molecule has 5 nitrogen and oxygen atoms in total. The summed E-state index contributed by atoms with van der Waals surface area (Å²) in [5.41, 5.74) is 8.02. The molecular weight excluding hydrogens is 252 g/mol. The van der Waals surface area contributed by atoms with Gasteiger partial charge in [0.15, 0.2) is 0 Å². The Morgan fingerprint density at radius 3 is 2.65 bits per heavy atom. The molecule has 1 fully saturated rings. The summed E-state index contributed by atoms with van der Waals surface area (Å²) >= 11 is 0. The monoisotopic (exact) mass is 272 g/mol. The van der Waals surface area contributed by atoms with Crippen molar-refractivity contribution in [2.24, 2.45) is 0 Å². The van der Waals surface area contributed by atoms with Gasteiger partial charge >= 0.3 is 0 Å². The van der Waals surface area contributed by atoms with Gasteiger partial charge in [-0.2, -0.15) is 0 Å². The zero-order valence-corrected chi connectivity index (χ0v) is 11.5. The second kappa shape index (κ2) is 5.64. The molecule has 0 saturated carbocycles. The summed E-state index contributed by atoms with van der Waals surface area (Å²) in [5, 5.41) is 11.2. The normalized spacial score (nSPS) is 16.8. The molecular formula is C15H20N4O. The van der Waals surface area contributed by atoms with Crippen LogP contribution in [-0.4, -0.2) is 54.3 Å².